The van der Waals surface area contributed by atoms with Crippen LogP contribution in [0.5, 0.6) is 0 Å². The number of carbonyl (C=O) groups is 2. The number of aliphatic carboxylic acids is 1. The predicted octanol–water partition coefficient (Wildman–Crippen LogP) is 1.78. The third-order valence-electron chi connectivity index (χ3n) is 2.84. The van der Waals surface area contributed by atoms with Gasteiger partial charge in [0, 0.05) is 17.3 Å². The summed E-state index contributed by atoms with van der Waals surface area (Å²) in [5.74, 6) is 1.07. The van der Waals surface area contributed by atoms with E-state index in [9.17, 15) is 9.59 Å². The van der Waals surface area contributed by atoms with E-state index in [2.05, 4.69) is 5.32 Å². The molecule has 1 aliphatic heterocycles. The Balaban J connectivity index is 2.61. The Hall–Kier alpha value is -0.910. The first-order valence-corrected chi connectivity index (χ1v) is 7.34. The van der Waals surface area contributed by atoms with Crippen LogP contribution in [0.15, 0.2) is 0 Å². The Morgan fingerprint density at radius 1 is 1.44 bits per heavy atom. The molecule has 0 spiro atoms. The van der Waals surface area contributed by atoms with Crippen LogP contribution in [0.2, 0.25) is 0 Å². The van der Waals surface area contributed by atoms with Crippen LogP contribution >= 0.6 is 11.8 Å². The Morgan fingerprint density at radius 3 is 2.56 bits per heavy atom. The molecule has 0 bridgehead atoms. The Labute approximate surface area is 112 Å². The Morgan fingerprint density at radius 2 is 2.11 bits per heavy atom. The zero-order valence-corrected chi connectivity index (χ0v) is 12.0. The van der Waals surface area contributed by atoms with Crippen LogP contribution in [0.3, 0.4) is 0 Å². The van der Waals surface area contributed by atoms with Gasteiger partial charge in [-0.25, -0.2) is 4.79 Å². The minimum Gasteiger partial charge on any atom is -0.480 e. The summed E-state index contributed by atoms with van der Waals surface area (Å²) in [5.41, 5.74) is -0.496. The number of carbonyl (C=O) groups excluding carboxylic acids is 1. The van der Waals surface area contributed by atoms with E-state index in [1.165, 1.54) is 4.90 Å². The van der Waals surface area contributed by atoms with E-state index in [0.29, 0.717) is 0 Å². The van der Waals surface area contributed by atoms with Gasteiger partial charge in [0.2, 0.25) is 0 Å². The van der Waals surface area contributed by atoms with Gasteiger partial charge < -0.3 is 15.3 Å². The van der Waals surface area contributed by atoms with Crippen molar-refractivity contribution in [1.82, 2.24) is 10.2 Å². The topological polar surface area (TPSA) is 69.6 Å². The molecule has 1 atom stereocenters. The van der Waals surface area contributed by atoms with Crippen molar-refractivity contribution in [2.45, 2.75) is 45.2 Å². The molecule has 18 heavy (non-hydrogen) atoms. The SMILES string of the molecule is CC(C)(C)N(CC(=O)O)C(=O)NC1CCCSC1. The van der Waals surface area contributed by atoms with Gasteiger partial charge in [-0.3, -0.25) is 4.79 Å². The average molecular weight is 274 g/mol. The number of carboxylic acid groups (broad SMARTS) is 1. The highest BCUT2D eigenvalue weighted by Gasteiger charge is 2.30. The number of nitrogens with zero attached hydrogens (tertiary/aromatic N) is 1. The van der Waals surface area contributed by atoms with Crippen LogP contribution in [0.25, 0.3) is 0 Å². The molecule has 0 aromatic heterocycles. The number of amides is 2. The number of hydrogen-bond acceptors (Lipinski definition) is 3. The molecule has 0 aliphatic carbocycles. The fraction of sp³-hybridized carbons (Fsp3) is 0.833. The van der Waals surface area contributed by atoms with Gasteiger partial charge in [-0.1, -0.05) is 0 Å². The number of urea groups is 1. The fourth-order valence-electron chi connectivity index (χ4n) is 1.86. The first kappa shape index (κ1) is 15.1. The summed E-state index contributed by atoms with van der Waals surface area (Å²) in [4.78, 5) is 24.3. The van der Waals surface area contributed by atoms with Gasteiger partial charge in [0.05, 0.1) is 0 Å². The molecule has 1 fully saturated rings. The predicted molar refractivity (Wildman–Crippen MR) is 73.0 cm³/mol. The highest BCUT2D eigenvalue weighted by Crippen LogP contribution is 2.18. The standard InChI is InChI=1S/C12H22N2O3S/c1-12(2,3)14(7-10(15)16)11(17)13-9-5-4-6-18-8-9/h9H,4-8H2,1-3H3,(H,13,17)(H,15,16). The largest absolute Gasteiger partial charge is 0.480 e. The maximum absolute atomic E-state index is 12.1. The van der Waals surface area contributed by atoms with E-state index >= 15 is 0 Å². The van der Waals surface area contributed by atoms with Crippen molar-refractivity contribution in [1.29, 1.82) is 0 Å². The zero-order valence-electron chi connectivity index (χ0n) is 11.2. The van der Waals surface area contributed by atoms with Crippen LogP contribution in [-0.2, 0) is 4.79 Å². The van der Waals surface area contributed by atoms with Crippen molar-refractivity contribution < 1.29 is 14.7 Å². The van der Waals surface area contributed by atoms with Gasteiger partial charge in [-0.05, 0) is 39.4 Å². The van der Waals surface area contributed by atoms with Gasteiger partial charge in [0.1, 0.15) is 6.54 Å². The second-order valence-corrected chi connectivity index (χ2v) is 6.66. The quantitative estimate of drug-likeness (QED) is 0.823. The van der Waals surface area contributed by atoms with Crippen LogP contribution < -0.4 is 5.32 Å². The molecule has 1 rings (SSSR count). The summed E-state index contributed by atoms with van der Waals surface area (Å²) < 4.78 is 0. The van der Waals surface area contributed by atoms with Crippen molar-refractivity contribution in [3.05, 3.63) is 0 Å². The molecule has 104 valence electrons. The number of thioether (sulfide) groups is 1. The number of rotatable bonds is 3. The third kappa shape index (κ3) is 4.76. The van der Waals surface area contributed by atoms with E-state index in [4.69, 9.17) is 5.11 Å². The van der Waals surface area contributed by atoms with E-state index in [0.717, 1.165) is 24.3 Å². The lowest BCUT2D eigenvalue weighted by molar-refractivity contribution is -0.138. The van der Waals surface area contributed by atoms with Crippen LogP contribution in [0.4, 0.5) is 4.79 Å². The van der Waals surface area contributed by atoms with E-state index < -0.39 is 11.5 Å². The van der Waals surface area contributed by atoms with Gasteiger partial charge >= 0.3 is 12.0 Å². The minimum atomic E-state index is -0.988. The van der Waals surface area contributed by atoms with E-state index in [-0.39, 0.29) is 18.6 Å². The average Bonchev–Trinajstić information content (AvgIpc) is 2.25. The highest BCUT2D eigenvalue weighted by atomic mass is 32.2. The molecule has 1 unspecified atom stereocenters. The normalized spacial score (nSPS) is 20.3. The van der Waals surface area contributed by atoms with Crippen LogP contribution in [-0.4, -0.2) is 51.6 Å². The molecule has 0 radical (unpaired) electrons. The van der Waals surface area contributed by atoms with Gasteiger partial charge in [-0.15, -0.1) is 0 Å². The van der Waals surface area contributed by atoms with E-state index in [1.807, 2.05) is 32.5 Å². The first-order chi connectivity index (χ1) is 8.30. The van der Waals surface area contributed by atoms with Crippen molar-refractivity contribution in [2.24, 2.45) is 0 Å². The van der Waals surface area contributed by atoms with E-state index in [1.54, 1.807) is 0 Å². The smallest absolute Gasteiger partial charge is 0.323 e. The van der Waals surface area contributed by atoms with Gasteiger partial charge in [0.25, 0.3) is 0 Å². The summed E-state index contributed by atoms with van der Waals surface area (Å²) in [7, 11) is 0. The van der Waals surface area contributed by atoms with Crippen molar-refractivity contribution in [3.63, 3.8) is 0 Å². The highest BCUT2D eigenvalue weighted by molar-refractivity contribution is 7.99. The molecule has 0 aromatic rings. The second kappa shape index (κ2) is 6.31. The van der Waals surface area contributed by atoms with Crippen molar-refractivity contribution in [2.75, 3.05) is 18.1 Å². The molecular formula is C12H22N2O3S. The molecule has 5 nitrogen and oxygen atoms in total. The molecule has 6 heteroatoms. The van der Waals surface area contributed by atoms with Gasteiger partial charge in [0.15, 0.2) is 0 Å². The molecular weight excluding hydrogens is 252 g/mol. The third-order valence-corrected chi connectivity index (χ3v) is 4.05. The Bertz CT molecular complexity index is 309. The summed E-state index contributed by atoms with van der Waals surface area (Å²) in [6.07, 6.45) is 2.08. The number of hydrogen-bond donors (Lipinski definition) is 2. The first-order valence-electron chi connectivity index (χ1n) is 6.18. The lowest BCUT2D eigenvalue weighted by atomic mass is 10.1. The molecule has 1 saturated heterocycles. The Kier molecular flexibility index (Phi) is 5.31. The van der Waals surface area contributed by atoms with Gasteiger partial charge in [-0.2, -0.15) is 11.8 Å². The molecule has 1 heterocycles. The molecule has 2 amide bonds. The molecule has 0 aromatic carbocycles. The fourth-order valence-corrected chi connectivity index (χ4v) is 2.93. The summed E-state index contributed by atoms with van der Waals surface area (Å²) >= 11 is 1.83. The lowest BCUT2D eigenvalue weighted by Gasteiger charge is -2.36. The second-order valence-electron chi connectivity index (χ2n) is 5.51. The molecule has 0 saturated carbocycles. The molecule has 2 N–H and O–H groups in total. The van der Waals surface area contributed by atoms with Crippen molar-refractivity contribution >= 4 is 23.8 Å². The molecule has 1 aliphatic rings. The van der Waals surface area contributed by atoms with Crippen molar-refractivity contribution in [3.8, 4) is 0 Å². The monoisotopic (exact) mass is 274 g/mol. The van der Waals surface area contributed by atoms with Crippen LogP contribution in [0.1, 0.15) is 33.6 Å². The minimum absolute atomic E-state index is 0.162. The lowest BCUT2D eigenvalue weighted by Crippen LogP contribution is -2.55. The zero-order chi connectivity index (χ0) is 13.8. The maximum Gasteiger partial charge on any atom is 0.323 e. The summed E-state index contributed by atoms with van der Waals surface area (Å²) in [6.45, 7) is 5.25. The number of carboxylic acids is 1. The van der Waals surface area contributed by atoms with Crippen LogP contribution in [0, 0.1) is 0 Å². The maximum atomic E-state index is 12.1. The summed E-state index contributed by atoms with van der Waals surface area (Å²) in [6, 6.07) is -0.118. The number of nitrogens with one attached hydrogen (secondary N) is 1. The summed E-state index contributed by atoms with van der Waals surface area (Å²) in [5, 5.41) is 11.8.